The fraction of sp³-hybridized carbons (Fsp3) is 0.440. The molecule has 3 atom stereocenters. The Morgan fingerprint density at radius 3 is 2.53 bits per heavy atom. The Labute approximate surface area is 204 Å². The third kappa shape index (κ3) is 6.09. The van der Waals surface area contributed by atoms with Crippen LogP contribution in [0.4, 0.5) is 15.9 Å². The third-order valence-electron chi connectivity index (χ3n) is 6.30. The van der Waals surface area contributed by atoms with Gasteiger partial charge in [0, 0.05) is 36.1 Å². The van der Waals surface area contributed by atoms with E-state index in [2.05, 4.69) is 56.6 Å². The largest absolute Gasteiger partial charge is 0.382 e. The molecule has 0 radical (unpaired) electrons. The maximum Gasteiger partial charge on any atom is 0.251 e. The van der Waals surface area contributed by atoms with Crippen LogP contribution in [0, 0.1) is 0 Å². The molecule has 0 spiro atoms. The number of nitrogens with one attached hydrogen (secondary N) is 3. The lowest BCUT2D eigenvalue weighted by Gasteiger charge is -2.30. The number of rotatable bonds is 8. The minimum absolute atomic E-state index is 0.0578. The highest BCUT2D eigenvalue weighted by molar-refractivity contribution is 7.21. The predicted octanol–water partition coefficient (Wildman–Crippen LogP) is 3.94. The van der Waals surface area contributed by atoms with Crippen LogP contribution in [0.1, 0.15) is 55.6 Å². The van der Waals surface area contributed by atoms with Gasteiger partial charge in [-0.25, -0.2) is 9.37 Å². The fourth-order valence-electron chi connectivity index (χ4n) is 4.30. The average molecular weight is 481 g/mol. The summed E-state index contributed by atoms with van der Waals surface area (Å²) in [6, 6.07) is 13.9. The number of amides is 1. The van der Waals surface area contributed by atoms with Crippen molar-refractivity contribution < 1.29 is 9.18 Å². The highest BCUT2D eigenvalue weighted by Gasteiger charge is 2.24. The quantitative estimate of drug-likeness (QED) is 0.337. The van der Waals surface area contributed by atoms with Crippen LogP contribution in [0.3, 0.4) is 0 Å². The first-order chi connectivity index (χ1) is 16.2. The molecule has 3 unspecified atom stereocenters. The first kappa shape index (κ1) is 24.5. The summed E-state index contributed by atoms with van der Waals surface area (Å²) in [5.74, 6) is 0.992. The number of hydrogen-bond acceptors (Lipinski definition) is 4. The lowest BCUT2D eigenvalue weighted by atomic mass is 9.85. The highest BCUT2D eigenvalue weighted by Crippen LogP contribution is 2.28. The molecule has 1 amide bonds. The summed E-state index contributed by atoms with van der Waals surface area (Å²) in [6.45, 7) is 3.91. The molecule has 0 bridgehead atoms. The molecular weight excluding hydrogens is 447 g/mol. The van der Waals surface area contributed by atoms with Gasteiger partial charge >= 0.3 is 0 Å². The molecule has 2 aromatic heterocycles. The zero-order valence-corrected chi connectivity index (χ0v) is 21.3. The molecule has 34 heavy (non-hydrogen) atoms. The maximum absolute atomic E-state index is 13.0. The van der Waals surface area contributed by atoms with Crippen LogP contribution in [0.25, 0.3) is 5.65 Å². The van der Waals surface area contributed by atoms with Gasteiger partial charge in [0.05, 0.1) is 5.69 Å². The topological polar surface area (TPSA) is 70.5 Å². The summed E-state index contributed by atoms with van der Waals surface area (Å²) in [5.41, 5.74) is 3.42. The second kappa shape index (κ2) is 10.3. The Hall–Kier alpha value is -2.60. The van der Waals surface area contributed by atoms with Crippen molar-refractivity contribution in [3.05, 3.63) is 59.9 Å². The van der Waals surface area contributed by atoms with E-state index in [0.717, 1.165) is 48.5 Å². The molecule has 1 saturated carbocycles. The number of anilines is 2. The van der Waals surface area contributed by atoms with Gasteiger partial charge in [-0.1, -0.05) is 13.0 Å². The van der Waals surface area contributed by atoms with E-state index < -0.39 is 6.17 Å². The molecule has 1 aromatic carbocycles. The van der Waals surface area contributed by atoms with Crippen LogP contribution in [-0.2, 0) is 5.06 Å². The molecule has 180 valence electrons. The molecule has 6 nitrogen and oxygen atoms in total. The van der Waals surface area contributed by atoms with Gasteiger partial charge in [0.1, 0.15) is 25.5 Å². The van der Waals surface area contributed by atoms with Gasteiger partial charge in [-0.05, 0) is 74.1 Å². The number of carbonyl (C=O) groups is 1. The molecule has 1 aliphatic carbocycles. The Morgan fingerprint density at radius 1 is 1.21 bits per heavy atom. The number of carbonyl (C=O) groups excluding carboxylic acids is 1. The number of imidazole rings is 1. The van der Waals surface area contributed by atoms with E-state index in [1.54, 1.807) is 12.1 Å². The van der Waals surface area contributed by atoms with E-state index >= 15 is 0 Å². The van der Waals surface area contributed by atoms with Crippen molar-refractivity contribution in [2.75, 3.05) is 17.2 Å². The fourth-order valence-corrected chi connectivity index (χ4v) is 4.44. The van der Waals surface area contributed by atoms with Gasteiger partial charge in [-0.15, -0.1) is 9.24 Å². The molecule has 4 rings (SSSR count). The molecular formula is C25H34BFN5OP. The van der Waals surface area contributed by atoms with E-state index in [1.807, 2.05) is 24.3 Å². The Morgan fingerprint density at radius 2 is 1.88 bits per heavy atom. The zero-order chi connectivity index (χ0) is 24.3. The molecule has 0 aliphatic heterocycles. The summed E-state index contributed by atoms with van der Waals surface area (Å²) >= 11 is 0. The standard InChI is InChI=1S/C25H34BFN5OP/c1-16(27)14-28-18-8-6-17(7-9-18)24(33)30-20-12-10-19(11-13-20)29-22-4-3-5-23-31-21(15-32(22)23)25(2,26)34/h3-9,15-16,19-20,28-29H,10-14,26,34H2,1-2H3,(H,30,33). The van der Waals surface area contributed by atoms with Gasteiger partial charge in [0.15, 0.2) is 0 Å². The minimum Gasteiger partial charge on any atom is -0.382 e. The normalized spacial score (nSPS) is 20.9. The molecule has 9 heteroatoms. The van der Waals surface area contributed by atoms with Crippen molar-refractivity contribution in [2.45, 2.75) is 62.8 Å². The van der Waals surface area contributed by atoms with Crippen molar-refractivity contribution in [2.24, 2.45) is 0 Å². The predicted molar refractivity (Wildman–Crippen MR) is 143 cm³/mol. The van der Waals surface area contributed by atoms with Gasteiger partial charge in [-0.2, -0.15) is 0 Å². The minimum atomic E-state index is -0.916. The van der Waals surface area contributed by atoms with Crippen molar-refractivity contribution in [3.8, 4) is 0 Å². The highest BCUT2D eigenvalue weighted by atomic mass is 31.0. The van der Waals surface area contributed by atoms with Crippen LogP contribution in [0.15, 0.2) is 48.7 Å². The number of hydrogen-bond donors (Lipinski definition) is 3. The first-order valence-corrected chi connectivity index (χ1v) is 12.6. The first-order valence-electron chi connectivity index (χ1n) is 12.0. The van der Waals surface area contributed by atoms with E-state index in [0.29, 0.717) is 11.6 Å². The van der Waals surface area contributed by atoms with Crippen molar-refractivity contribution >= 4 is 40.1 Å². The van der Waals surface area contributed by atoms with Gasteiger partial charge in [0.25, 0.3) is 5.91 Å². The summed E-state index contributed by atoms with van der Waals surface area (Å²) in [5, 5.41) is 9.80. The third-order valence-corrected chi connectivity index (χ3v) is 6.60. The van der Waals surface area contributed by atoms with Gasteiger partial charge in [-0.3, -0.25) is 9.20 Å². The molecule has 0 saturated heterocycles. The molecule has 3 N–H and O–H groups in total. The van der Waals surface area contributed by atoms with Gasteiger partial charge < -0.3 is 16.0 Å². The molecule has 1 aliphatic rings. The van der Waals surface area contributed by atoms with Gasteiger partial charge in [0.2, 0.25) is 0 Å². The van der Waals surface area contributed by atoms with Crippen LogP contribution in [-0.4, -0.2) is 47.9 Å². The number of halogens is 1. The maximum atomic E-state index is 13.0. The summed E-state index contributed by atoms with van der Waals surface area (Å²) in [6.07, 6.45) is 5.03. The number of fused-ring (bicyclic) bond motifs is 1. The molecule has 2 heterocycles. The van der Waals surface area contributed by atoms with E-state index in [4.69, 9.17) is 4.98 Å². The summed E-state index contributed by atoms with van der Waals surface area (Å²) < 4.78 is 15.1. The lowest BCUT2D eigenvalue weighted by Crippen LogP contribution is -2.40. The molecule has 3 aromatic rings. The second-order valence-electron chi connectivity index (χ2n) is 9.89. The smallest absolute Gasteiger partial charge is 0.251 e. The van der Waals surface area contributed by atoms with Crippen molar-refractivity contribution in [3.63, 3.8) is 0 Å². The van der Waals surface area contributed by atoms with Crippen molar-refractivity contribution in [1.82, 2.24) is 14.7 Å². The lowest BCUT2D eigenvalue weighted by molar-refractivity contribution is 0.0926. The number of alkyl halides is 1. The number of nitrogens with zero attached hydrogens (tertiary/aromatic N) is 2. The Balaban J connectivity index is 1.30. The van der Waals surface area contributed by atoms with Crippen LogP contribution in [0.5, 0.6) is 0 Å². The van der Waals surface area contributed by atoms with Crippen LogP contribution in [0.2, 0.25) is 0 Å². The Bertz CT molecular complexity index is 1120. The number of benzene rings is 1. The van der Waals surface area contributed by atoms with E-state index in [1.165, 1.54) is 6.92 Å². The SMILES string of the molecule is BC(C)(P)c1cn2c(NC3CCC(NC(=O)c4ccc(NCC(C)F)cc4)CC3)cccc2n1. The summed E-state index contributed by atoms with van der Waals surface area (Å²) in [4.78, 5) is 17.4. The van der Waals surface area contributed by atoms with Crippen LogP contribution < -0.4 is 16.0 Å². The second-order valence-corrected chi connectivity index (χ2v) is 11.3. The van der Waals surface area contributed by atoms with Crippen molar-refractivity contribution in [1.29, 1.82) is 0 Å². The Kier molecular flexibility index (Phi) is 7.46. The van der Waals surface area contributed by atoms with E-state index in [-0.39, 0.29) is 23.5 Å². The average Bonchev–Trinajstić information content (AvgIpc) is 3.25. The number of aromatic nitrogens is 2. The van der Waals surface area contributed by atoms with E-state index in [9.17, 15) is 9.18 Å². The monoisotopic (exact) mass is 481 g/mol. The molecule has 1 fully saturated rings. The van der Waals surface area contributed by atoms with Crippen LogP contribution >= 0.6 is 9.24 Å². The number of pyridine rings is 1. The summed E-state index contributed by atoms with van der Waals surface area (Å²) in [7, 11) is 4.99. The zero-order valence-electron chi connectivity index (χ0n) is 20.1.